The van der Waals surface area contributed by atoms with E-state index in [1.54, 1.807) is 37.4 Å². The van der Waals surface area contributed by atoms with Crippen molar-refractivity contribution < 1.29 is 28.5 Å². The molecule has 6 nitrogen and oxygen atoms in total. The molecule has 144 valence electrons. The van der Waals surface area contributed by atoms with Crippen LogP contribution >= 0.6 is 0 Å². The summed E-state index contributed by atoms with van der Waals surface area (Å²) in [5.74, 6) is 0.440. The van der Waals surface area contributed by atoms with Gasteiger partial charge in [-0.1, -0.05) is 25.1 Å². The molecule has 0 saturated heterocycles. The molecule has 0 aliphatic carbocycles. The molecular formula is C21H24O6. The fourth-order valence-electron chi connectivity index (χ4n) is 2.61. The second-order valence-corrected chi connectivity index (χ2v) is 5.89. The Kier molecular flexibility index (Phi) is 7.23. The quantitative estimate of drug-likeness (QED) is 0.651. The summed E-state index contributed by atoms with van der Waals surface area (Å²) in [6.45, 7) is 3.66. The van der Waals surface area contributed by atoms with Crippen LogP contribution in [0.5, 0.6) is 11.5 Å². The van der Waals surface area contributed by atoms with Gasteiger partial charge < -0.3 is 18.9 Å². The summed E-state index contributed by atoms with van der Waals surface area (Å²) >= 11 is 0. The Morgan fingerprint density at radius 2 is 1.70 bits per heavy atom. The number of benzene rings is 2. The van der Waals surface area contributed by atoms with Gasteiger partial charge in [-0.2, -0.15) is 0 Å². The average molecular weight is 372 g/mol. The molecule has 0 heterocycles. The monoisotopic (exact) mass is 372 g/mol. The fourth-order valence-corrected chi connectivity index (χ4v) is 2.61. The first-order valence-electron chi connectivity index (χ1n) is 8.63. The van der Waals surface area contributed by atoms with Gasteiger partial charge >= 0.3 is 11.9 Å². The van der Waals surface area contributed by atoms with Gasteiger partial charge in [-0.3, -0.25) is 4.79 Å². The maximum Gasteiger partial charge on any atom is 0.337 e. The van der Waals surface area contributed by atoms with Crippen molar-refractivity contribution in [3.63, 3.8) is 0 Å². The van der Waals surface area contributed by atoms with E-state index in [0.29, 0.717) is 30.1 Å². The van der Waals surface area contributed by atoms with Gasteiger partial charge in [0.05, 0.1) is 19.8 Å². The number of carbonyl (C=O) groups is 2. The Balaban J connectivity index is 2.10. The van der Waals surface area contributed by atoms with E-state index in [9.17, 15) is 9.59 Å². The molecule has 2 rings (SSSR count). The lowest BCUT2D eigenvalue weighted by molar-refractivity contribution is -0.146. The lowest BCUT2D eigenvalue weighted by atomic mass is 10.1. The van der Waals surface area contributed by atoms with E-state index in [1.165, 1.54) is 14.0 Å². The largest absolute Gasteiger partial charge is 0.493 e. The molecular weight excluding hydrogens is 348 g/mol. The molecule has 0 saturated carbocycles. The van der Waals surface area contributed by atoms with E-state index in [-0.39, 0.29) is 18.0 Å². The lowest BCUT2D eigenvalue weighted by Gasteiger charge is -2.18. The molecule has 2 aromatic rings. The van der Waals surface area contributed by atoms with Crippen molar-refractivity contribution in [1.82, 2.24) is 0 Å². The van der Waals surface area contributed by atoms with Crippen molar-refractivity contribution in [2.75, 3.05) is 14.2 Å². The number of ether oxygens (including phenoxy) is 4. The summed E-state index contributed by atoms with van der Waals surface area (Å²) in [4.78, 5) is 22.7. The lowest BCUT2D eigenvalue weighted by Crippen LogP contribution is -2.08. The van der Waals surface area contributed by atoms with Crippen LogP contribution in [0.3, 0.4) is 0 Å². The minimum atomic E-state index is -0.377. The Labute approximate surface area is 159 Å². The Morgan fingerprint density at radius 3 is 2.26 bits per heavy atom. The number of esters is 2. The fraction of sp³-hybridized carbons (Fsp3) is 0.333. The molecule has 0 aliphatic heterocycles. The number of carbonyl (C=O) groups excluding carboxylic acids is 2. The number of hydrogen-bond donors (Lipinski definition) is 0. The van der Waals surface area contributed by atoms with Crippen LogP contribution in [0, 0.1) is 0 Å². The molecule has 0 N–H and O–H groups in total. The smallest absolute Gasteiger partial charge is 0.337 e. The molecule has 0 aromatic heterocycles. The van der Waals surface area contributed by atoms with E-state index in [0.717, 1.165) is 11.1 Å². The van der Waals surface area contributed by atoms with Gasteiger partial charge in [0.25, 0.3) is 0 Å². The SMILES string of the molecule is CCC(OC(C)=O)c1ccc(OCc2ccc(C(=O)OC)cc2)c(OC)c1. The average Bonchev–Trinajstić information content (AvgIpc) is 2.70. The topological polar surface area (TPSA) is 71.1 Å². The first kappa shape index (κ1) is 20.3. The van der Waals surface area contributed by atoms with Gasteiger partial charge in [0.15, 0.2) is 11.5 Å². The molecule has 0 aliphatic rings. The van der Waals surface area contributed by atoms with Crippen LogP contribution in [-0.2, 0) is 20.9 Å². The molecule has 0 radical (unpaired) electrons. The first-order valence-corrected chi connectivity index (χ1v) is 8.63. The van der Waals surface area contributed by atoms with Crippen LogP contribution in [0.1, 0.15) is 47.9 Å². The standard InChI is InChI=1S/C21H24O6/c1-5-18(27-14(2)22)17-10-11-19(20(12-17)24-3)26-13-15-6-8-16(9-7-15)21(23)25-4/h6-12,18H,5,13H2,1-4H3. The van der Waals surface area contributed by atoms with Crippen molar-refractivity contribution in [3.05, 3.63) is 59.2 Å². The normalized spacial score (nSPS) is 11.4. The highest BCUT2D eigenvalue weighted by Crippen LogP contribution is 2.33. The van der Waals surface area contributed by atoms with Gasteiger partial charge in [0.1, 0.15) is 12.7 Å². The minimum Gasteiger partial charge on any atom is -0.493 e. The molecule has 27 heavy (non-hydrogen) atoms. The van der Waals surface area contributed by atoms with Crippen molar-refractivity contribution in [3.8, 4) is 11.5 Å². The molecule has 0 amide bonds. The van der Waals surface area contributed by atoms with E-state index in [2.05, 4.69) is 4.74 Å². The number of rotatable bonds is 8. The molecule has 1 atom stereocenters. The Morgan fingerprint density at radius 1 is 1.00 bits per heavy atom. The van der Waals surface area contributed by atoms with Gasteiger partial charge in [0.2, 0.25) is 0 Å². The summed E-state index contributed by atoms with van der Waals surface area (Å²) in [6.07, 6.45) is 0.339. The molecule has 0 fully saturated rings. The highest BCUT2D eigenvalue weighted by atomic mass is 16.5. The third-order valence-electron chi connectivity index (χ3n) is 4.01. The third-order valence-corrected chi connectivity index (χ3v) is 4.01. The van der Waals surface area contributed by atoms with Gasteiger partial charge in [-0.15, -0.1) is 0 Å². The minimum absolute atomic E-state index is 0.318. The highest BCUT2D eigenvalue weighted by Gasteiger charge is 2.16. The van der Waals surface area contributed by atoms with E-state index in [4.69, 9.17) is 14.2 Å². The summed E-state index contributed by atoms with van der Waals surface area (Å²) < 4.78 is 21.3. The summed E-state index contributed by atoms with van der Waals surface area (Å²) in [7, 11) is 2.91. The van der Waals surface area contributed by atoms with Gasteiger partial charge in [0, 0.05) is 6.92 Å². The Bertz CT molecular complexity index is 782. The maximum absolute atomic E-state index is 11.5. The zero-order chi connectivity index (χ0) is 19.8. The van der Waals surface area contributed by atoms with Crippen molar-refractivity contribution in [2.24, 2.45) is 0 Å². The van der Waals surface area contributed by atoms with Crippen molar-refractivity contribution in [1.29, 1.82) is 0 Å². The summed E-state index contributed by atoms with van der Waals surface area (Å²) in [6, 6.07) is 12.5. The predicted molar refractivity (Wildman–Crippen MR) is 99.9 cm³/mol. The van der Waals surface area contributed by atoms with Crippen molar-refractivity contribution >= 4 is 11.9 Å². The summed E-state index contributed by atoms with van der Waals surface area (Å²) in [5.41, 5.74) is 2.23. The molecule has 1 unspecified atom stereocenters. The maximum atomic E-state index is 11.5. The predicted octanol–water partition coefficient (Wildman–Crippen LogP) is 4.08. The van der Waals surface area contributed by atoms with Crippen molar-refractivity contribution in [2.45, 2.75) is 33.0 Å². The first-order chi connectivity index (χ1) is 13.0. The van der Waals surface area contributed by atoms with Gasteiger partial charge in [-0.25, -0.2) is 4.79 Å². The van der Waals surface area contributed by atoms with E-state index < -0.39 is 0 Å². The van der Waals surface area contributed by atoms with Crippen LogP contribution in [0.25, 0.3) is 0 Å². The third kappa shape index (κ3) is 5.48. The second-order valence-electron chi connectivity index (χ2n) is 5.89. The molecule has 6 heteroatoms. The van der Waals surface area contributed by atoms with E-state index in [1.807, 2.05) is 19.1 Å². The molecule has 2 aromatic carbocycles. The zero-order valence-electron chi connectivity index (χ0n) is 16.0. The van der Waals surface area contributed by atoms with Crippen LogP contribution in [0.2, 0.25) is 0 Å². The Hall–Kier alpha value is -3.02. The van der Waals surface area contributed by atoms with Crippen LogP contribution in [0.4, 0.5) is 0 Å². The highest BCUT2D eigenvalue weighted by molar-refractivity contribution is 5.89. The molecule has 0 bridgehead atoms. The number of methoxy groups -OCH3 is 2. The second kappa shape index (κ2) is 9.62. The van der Waals surface area contributed by atoms with Gasteiger partial charge in [-0.05, 0) is 41.8 Å². The summed E-state index contributed by atoms with van der Waals surface area (Å²) in [5, 5.41) is 0. The van der Waals surface area contributed by atoms with Crippen LogP contribution in [-0.4, -0.2) is 26.2 Å². The number of hydrogen-bond acceptors (Lipinski definition) is 6. The van der Waals surface area contributed by atoms with Crippen LogP contribution in [0.15, 0.2) is 42.5 Å². The van der Waals surface area contributed by atoms with Crippen LogP contribution < -0.4 is 9.47 Å². The molecule has 0 spiro atoms. The zero-order valence-corrected chi connectivity index (χ0v) is 16.0. The van der Waals surface area contributed by atoms with E-state index >= 15 is 0 Å².